The standard InChI is InChI=1S/C13H12FNO4S/c1-13(19,12(17)18)6-15-11(16)10-5-7-4-8(14)2-3-9(7)20-10/h2-5,19H,6H2,1H3,(H,15,16)(H,17,18). The summed E-state index contributed by atoms with van der Waals surface area (Å²) < 4.78 is 13.8. The molecule has 1 aromatic carbocycles. The number of hydrogen-bond acceptors (Lipinski definition) is 4. The van der Waals surface area contributed by atoms with Gasteiger partial charge in [0.2, 0.25) is 0 Å². The lowest BCUT2D eigenvalue weighted by Crippen LogP contribution is -2.46. The first-order chi connectivity index (χ1) is 9.29. The lowest BCUT2D eigenvalue weighted by Gasteiger charge is -2.17. The zero-order chi connectivity index (χ0) is 14.9. The number of carboxylic acid groups (broad SMARTS) is 1. The lowest BCUT2D eigenvalue weighted by atomic mass is 10.1. The van der Waals surface area contributed by atoms with Gasteiger partial charge >= 0.3 is 5.97 Å². The largest absolute Gasteiger partial charge is 0.479 e. The molecule has 20 heavy (non-hydrogen) atoms. The highest BCUT2D eigenvalue weighted by atomic mass is 32.1. The second kappa shape index (κ2) is 5.18. The number of aliphatic carboxylic acids is 1. The van der Waals surface area contributed by atoms with Gasteiger partial charge in [0.05, 0.1) is 11.4 Å². The summed E-state index contributed by atoms with van der Waals surface area (Å²) in [5.74, 6) is -2.32. The summed E-state index contributed by atoms with van der Waals surface area (Å²) in [6, 6.07) is 5.71. The van der Waals surface area contributed by atoms with E-state index in [-0.39, 0.29) is 0 Å². The summed E-state index contributed by atoms with van der Waals surface area (Å²) in [5.41, 5.74) is -2.03. The number of carbonyl (C=O) groups is 2. The van der Waals surface area contributed by atoms with Gasteiger partial charge in [0.25, 0.3) is 5.91 Å². The summed E-state index contributed by atoms with van der Waals surface area (Å²) in [5, 5.41) is 21.2. The Morgan fingerprint density at radius 3 is 2.75 bits per heavy atom. The molecule has 3 N–H and O–H groups in total. The number of carbonyl (C=O) groups excluding carboxylic acids is 1. The fourth-order valence-electron chi connectivity index (χ4n) is 1.54. The van der Waals surface area contributed by atoms with Crippen molar-refractivity contribution in [3.05, 3.63) is 35.0 Å². The maximum atomic E-state index is 13.0. The van der Waals surface area contributed by atoms with Gasteiger partial charge in [0, 0.05) is 4.70 Å². The molecule has 1 atom stereocenters. The van der Waals surface area contributed by atoms with Gasteiger partial charge in [-0.1, -0.05) is 0 Å². The Morgan fingerprint density at radius 2 is 2.10 bits per heavy atom. The molecule has 1 heterocycles. The first-order valence-corrected chi connectivity index (χ1v) is 6.54. The Labute approximate surface area is 117 Å². The third-order valence-electron chi connectivity index (χ3n) is 2.76. The average molecular weight is 297 g/mol. The van der Waals surface area contributed by atoms with Crippen LogP contribution >= 0.6 is 11.3 Å². The van der Waals surface area contributed by atoms with Crippen LogP contribution in [0.1, 0.15) is 16.6 Å². The molecule has 0 aliphatic carbocycles. The van der Waals surface area contributed by atoms with Crippen LogP contribution in [0.3, 0.4) is 0 Å². The fraction of sp³-hybridized carbons (Fsp3) is 0.231. The Bertz CT molecular complexity index is 680. The molecule has 0 bridgehead atoms. The SMILES string of the molecule is CC(O)(CNC(=O)c1cc2cc(F)ccc2s1)C(=O)O. The lowest BCUT2D eigenvalue weighted by molar-refractivity contribution is -0.155. The second-order valence-electron chi connectivity index (χ2n) is 4.55. The molecule has 0 aliphatic heterocycles. The molecule has 0 spiro atoms. The van der Waals surface area contributed by atoms with E-state index in [0.717, 1.165) is 11.6 Å². The molecular formula is C13H12FNO4S. The van der Waals surface area contributed by atoms with Gasteiger partial charge in [0.15, 0.2) is 5.60 Å². The van der Waals surface area contributed by atoms with E-state index < -0.39 is 29.8 Å². The normalized spacial score (nSPS) is 13.9. The number of nitrogens with one attached hydrogen (secondary N) is 1. The van der Waals surface area contributed by atoms with Crippen molar-refractivity contribution in [2.24, 2.45) is 0 Å². The Kier molecular flexibility index (Phi) is 3.74. The third kappa shape index (κ3) is 2.94. The van der Waals surface area contributed by atoms with Crippen molar-refractivity contribution < 1.29 is 24.2 Å². The molecule has 0 radical (unpaired) electrons. The number of aliphatic hydroxyl groups is 1. The number of rotatable bonds is 4. The molecule has 0 saturated heterocycles. The first-order valence-electron chi connectivity index (χ1n) is 5.73. The number of benzene rings is 1. The van der Waals surface area contributed by atoms with Gasteiger partial charge < -0.3 is 15.5 Å². The van der Waals surface area contributed by atoms with E-state index >= 15 is 0 Å². The first kappa shape index (κ1) is 14.4. The van der Waals surface area contributed by atoms with Gasteiger partial charge in [-0.25, -0.2) is 9.18 Å². The van der Waals surface area contributed by atoms with Gasteiger partial charge in [-0.3, -0.25) is 4.79 Å². The minimum atomic E-state index is -2.03. The van der Waals surface area contributed by atoms with E-state index in [9.17, 15) is 19.1 Å². The second-order valence-corrected chi connectivity index (χ2v) is 5.64. The predicted octanol–water partition coefficient (Wildman–Crippen LogP) is 1.61. The van der Waals surface area contributed by atoms with Crippen molar-refractivity contribution in [1.29, 1.82) is 0 Å². The predicted molar refractivity (Wildman–Crippen MR) is 72.4 cm³/mol. The zero-order valence-corrected chi connectivity index (χ0v) is 11.3. The minimum Gasteiger partial charge on any atom is -0.479 e. The number of halogens is 1. The smallest absolute Gasteiger partial charge is 0.337 e. The van der Waals surface area contributed by atoms with E-state index in [1.54, 1.807) is 6.07 Å². The van der Waals surface area contributed by atoms with Crippen LogP contribution in [0.5, 0.6) is 0 Å². The summed E-state index contributed by atoms with van der Waals surface area (Å²) in [7, 11) is 0. The molecule has 2 rings (SSSR count). The van der Waals surface area contributed by atoms with E-state index in [2.05, 4.69) is 5.32 Å². The van der Waals surface area contributed by atoms with E-state index in [4.69, 9.17) is 5.11 Å². The van der Waals surface area contributed by atoms with Crippen molar-refractivity contribution in [2.45, 2.75) is 12.5 Å². The van der Waals surface area contributed by atoms with Crippen LogP contribution in [-0.4, -0.2) is 34.2 Å². The number of hydrogen-bond donors (Lipinski definition) is 3. The fourth-order valence-corrected chi connectivity index (χ4v) is 2.50. The van der Waals surface area contributed by atoms with Crippen LogP contribution in [0.15, 0.2) is 24.3 Å². The number of thiophene rings is 1. The molecule has 0 saturated carbocycles. The molecule has 1 amide bonds. The highest BCUT2D eigenvalue weighted by molar-refractivity contribution is 7.20. The Hall–Kier alpha value is -1.99. The molecular weight excluding hydrogens is 285 g/mol. The third-order valence-corrected chi connectivity index (χ3v) is 3.87. The van der Waals surface area contributed by atoms with Crippen LogP contribution in [0, 0.1) is 5.82 Å². The summed E-state index contributed by atoms with van der Waals surface area (Å²) in [6.45, 7) is 0.680. The highest BCUT2D eigenvalue weighted by Crippen LogP contribution is 2.26. The summed E-state index contributed by atoms with van der Waals surface area (Å²) >= 11 is 1.17. The van der Waals surface area contributed by atoms with Crippen molar-refractivity contribution >= 4 is 33.3 Å². The van der Waals surface area contributed by atoms with Crippen LogP contribution in [0.4, 0.5) is 4.39 Å². The molecule has 0 aliphatic rings. The van der Waals surface area contributed by atoms with Crippen LogP contribution in [-0.2, 0) is 4.79 Å². The maximum Gasteiger partial charge on any atom is 0.337 e. The molecule has 7 heteroatoms. The number of amides is 1. The van der Waals surface area contributed by atoms with Crippen molar-refractivity contribution in [3.63, 3.8) is 0 Å². The quantitative estimate of drug-likeness (QED) is 0.800. The van der Waals surface area contributed by atoms with Crippen molar-refractivity contribution in [2.75, 3.05) is 6.54 Å². The Balaban J connectivity index is 2.14. The zero-order valence-electron chi connectivity index (χ0n) is 10.5. The summed E-state index contributed by atoms with van der Waals surface area (Å²) in [6.07, 6.45) is 0. The number of carboxylic acids is 1. The topological polar surface area (TPSA) is 86.6 Å². The van der Waals surface area contributed by atoms with Crippen molar-refractivity contribution in [1.82, 2.24) is 5.32 Å². The average Bonchev–Trinajstić information content (AvgIpc) is 2.78. The van der Waals surface area contributed by atoms with Gasteiger partial charge in [-0.15, -0.1) is 11.3 Å². The van der Waals surface area contributed by atoms with Gasteiger partial charge in [-0.2, -0.15) is 0 Å². The molecule has 1 aromatic heterocycles. The molecule has 106 valence electrons. The number of fused-ring (bicyclic) bond motifs is 1. The van der Waals surface area contributed by atoms with Crippen LogP contribution in [0.2, 0.25) is 0 Å². The van der Waals surface area contributed by atoms with E-state index in [0.29, 0.717) is 10.3 Å². The van der Waals surface area contributed by atoms with Crippen LogP contribution < -0.4 is 5.32 Å². The molecule has 0 fully saturated rings. The monoisotopic (exact) mass is 297 g/mol. The van der Waals surface area contributed by atoms with Crippen LogP contribution in [0.25, 0.3) is 10.1 Å². The van der Waals surface area contributed by atoms with E-state index in [1.165, 1.54) is 29.5 Å². The molecule has 1 unspecified atom stereocenters. The Morgan fingerprint density at radius 1 is 1.40 bits per heavy atom. The minimum absolute atomic E-state index is 0.326. The van der Waals surface area contributed by atoms with Crippen molar-refractivity contribution in [3.8, 4) is 0 Å². The van der Waals surface area contributed by atoms with E-state index in [1.807, 2.05) is 0 Å². The highest BCUT2D eigenvalue weighted by Gasteiger charge is 2.30. The molecule has 2 aromatic rings. The van der Waals surface area contributed by atoms with Gasteiger partial charge in [-0.05, 0) is 36.6 Å². The maximum absolute atomic E-state index is 13.0. The molecule has 5 nitrogen and oxygen atoms in total. The summed E-state index contributed by atoms with van der Waals surface area (Å²) in [4.78, 5) is 22.9. The van der Waals surface area contributed by atoms with Gasteiger partial charge in [0.1, 0.15) is 5.82 Å².